The van der Waals surface area contributed by atoms with E-state index in [4.69, 9.17) is 9.47 Å². The van der Waals surface area contributed by atoms with Crippen molar-refractivity contribution in [3.05, 3.63) is 18.2 Å². The Balaban J connectivity index is 1.44. The first-order chi connectivity index (χ1) is 12.2. The lowest BCUT2D eigenvalue weighted by Crippen LogP contribution is -2.66. The molecule has 1 aromatic rings. The number of aryl methyl sites for hydroxylation is 1. The Kier molecular flexibility index (Phi) is 5.13. The zero-order valence-corrected chi connectivity index (χ0v) is 15.6. The summed E-state index contributed by atoms with van der Waals surface area (Å²) in [6, 6.07) is 0.379. The van der Waals surface area contributed by atoms with Crippen LogP contribution in [-0.4, -0.2) is 65.5 Å². The molecule has 6 heteroatoms. The van der Waals surface area contributed by atoms with E-state index in [2.05, 4.69) is 39.9 Å². The van der Waals surface area contributed by atoms with Crippen LogP contribution >= 0.6 is 0 Å². The van der Waals surface area contributed by atoms with Crippen LogP contribution in [0.2, 0.25) is 0 Å². The van der Waals surface area contributed by atoms with Gasteiger partial charge in [-0.1, -0.05) is 0 Å². The highest BCUT2D eigenvalue weighted by atomic mass is 16.5. The molecule has 2 heterocycles. The van der Waals surface area contributed by atoms with Gasteiger partial charge in [0.05, 0.1) is 25.4 Å². The molecule has 1 aromatic heterocycles. The lowest BCUT2D eigenvalue weighted by Gasteiger charge is -2.55. The Morgan fingerprint density at radius 1 is 1.36 bits per heavy atom. The molecule has 0 amide bonds. The number of imidazole rings is 1. The molecule has 0 spiro atoms. The van der Waals surface area contributed by atoms with E-state index < -0.39 is 0 Å². The van der Waals surface area contributed by atoms with Gasteiger partial charge in [-0.05, 0) is 38.5 Å². The Bertz CT molecular complexity index is 560. The van der Waals surface area contributed by atoms with E-state index >= 15 is 0 Å². The highest BCUT2D eigenvalue weighted by Gasteiger charge is 2.50. The van der Waals surface area contributed by atoms with Gasteiger partial charge in [0.2, 0.25) is 0 Å². The Morgan fingerprint density at radius 3 is 2.72 bits per heavy atom. The average Bonchev–Trinajstić information content (AvgIpc) is 3.35. The molecule has 6 nitrogen and oxygen atoms in total. The molecule has 3 fully saturated rings. The molecule has 1 N–H and O–H groups in total. The second-order valence-electron chi connectivity index (χ2n) is 7.90. The van der Waals surface area contributed by atoms with Gasteiger partial charge in [-0.2, -0.15) is 0 Å². The van der Waals surface area contributed by atoms with Crippen molar-refractivity contribution in [2.45, 2.75) is 50.3 Å². The lowest BCUT2D eigenvalue weighted by molar-refractivity contribution is -0.126. The van der Waals surface area contributed by atoms with Crippen molar-refractivity contribution in [2.24, 2.45) is 13.0 Å². The Labute approximate surface area is 150 Å². The molecule has 0 bridgehead atoms. The third-order valence-corrected chi connectivity index (χ3v) is 6.18. The smallest absolute Gasteiger partial charge is 0.125 e. The number of ether oxygens (including phenoxy) is 2. The minimum absolute atomic E-state index is 0.224. The van der Waals surface area contributed by atoms with Crippen LogP contribution in [0.4, 0.5) is 0 Å². The number of rotatable bonds is 8. The number of hydrogen-bond donors (Lipinski definition) is 1. The second-order valence-corrected chi connectivity index (χ2v) is 7.90. The fourth-order valence-electron chi connectivity index (χ4n) is 4.57. The second kappa shape index (κ2) is 7.35. The van der Waals surface area contributed by atoms with Crippen molar-refractivity contribution in [1.82, 2.24) is 19.8 Å². The van der Waals surface area contributed by atoms with Crippen molar-refractivity contribution in [2.75, 3.05) is 39.5 Å². The largest absolute Gasteiger partial charge is 0.379 e. The molecule has 0 aromatic carbocycles. The monoisotopic (exact) mass is 348 g/mol. The van der Waals surface area contributed by atoms with Crippen LogP contribution in [0.1, 0.15) is 44.5 Å². The first-order valence-corrected chi connectivity index (χ1v) is 9.87. The van der Waals surface area contributed by atoms with Gasteiger partial charge in [0.1, 0.15) is 5.82 Å². The molecular weight excluding hydrogens is 316 g/mol. The van der Waals surface area contributed by atoms with E-state index in [1.54, 1.807) is 0 Å². The van der Waals surface area contributed by atoms with Gasteiger partial charge in [0.15, 0.2) is 0 Å². The van der Waals surface area contributed by atoms with E-state index in [9.17, 15) is 0 Å². The first-order valence-electron chi connectivity index (χ1n) is 9.87. The molecule has 1 atom stereocenters. The van der Waals surface area contributed by atoms with Crippen LogP contribution in [0.15, 0.2) is 12.4 Å². The van der Waals surface area contributed by atoms with Crippen molar-refractivity contribution >= 4 is 0 Å². The van der Waals surface area contributed by atoms with Gasteiger partial charge < -0.3 is 19.4 Å². The summed E-state index contributed by atoms with van der Waals surface area (Å²) in [6.07, 6.45) is 9.28. The summed E-state index contributed by atoms with van der Waals surface area (Å²) < 4.78 is 13.6. The third kappa shape index (κ3) is 3.63. The highest BCUT2D eigenvalue weighted by molar-refractivity contribution is 5.09. The predicted octanol–water partition coefficient (Wildman–Crippen LogP) is 1.73. The molecule has 4 rings (SSSR count). The molecule has 1 unspecified atom stereocenters. The van der Waals surface area contributed by atoms with E-state index in [1.165, 1.54) is 18.7 Å². The molecule has 25 heavy (non-hydrogen) atoms. The highest BCUT2D eigenvalue weighted by Crippen LogP contribution is 2.43. The maximum absolute atomic E-state index is 5.88. The van der Waals surface area contributed by atoms with Crippen LogP contribution in [0.25, 0.3) is 0 Å². The summed E-state index contributed by atoms with van der Waals surface area (Å²) in [6.45, 7) is 7.71. The molecule has 1 aliphatic heterocycles. The zero-order chi connectivity index (χ0) is 17.3. The maximum Gasteiger partial charge on any atom is 0.125 e. The summed E-state index contributed by atoms with van der Waals surface area (Å²) >= 11 is 0. The van der Waals surface area contributed by atoms with Crippen LogP contribution in [0.3, 0.4) is 0 Å². The fourth-order valence-corrected chi connectivity index (χ4v) is 4.57. The van der Waals surface area contributed by atoms with Crippen molar-refractivity contribution < 1.29 is 9.47 Å². The molecule has 2 saturated carbocycles. The average molecular weight is 348 g/mol. The van der Waals surface area contributed by atoms with Gasteiger partial charge in [-0.3, -0.25) is 4.90 Å². The molecule has 140 valence electrons. The summed E-state index contributed by atoms with van der Waals surface area (Å²) in [7, 11) is 2.10. The number of aromatic nitrogens is 2. The summed E-state index contributed by atoms with van der Waals surface area (Å²) in [5.74, 6) is 1.92. The zero-order valence-electron chi connectivity index (χ0n) is 15.6. The minimum atomic E-state index is 0.224. The molecular formula is C19H32N4O2. The molecule has 2 aliphatic carbocycles. The van der Waals surface area contributed by atoms with E-state index in [-0.39, 0.29) is 5.54 Å². The van der Waals surface area contributed by atoms with Crippen molar-refractivity contribution in [1.29, 1.82) is 0 Å². The van der Waals surface area contributed by atoms with Gasteiger partial charge in [0, 0.05) is 51.2 Å². The summed E-state index contributed by atoms with van der Waals surface area (Å²) in [5, 5.41) is 3.91. The quantitative estimate of drug-likeness (QED) is 0.775. The summed E-state index contributed by atoms with van der Waals surface area (Å²) in [4.78, 5) is 7.26. The minimum Gasteiger partial charge on any atom is -0.379 e. The lowest BCUT2D eigenvalue weighted by atomic mass is 9.72. The topological polar surface area (TPSA) is 51.5 Å². The van der Waals surface area contributed by atoms with Crippen LogP contribution in [-0.2, 0) is 16.5 Å². The van der Waals surface area contributed by atoms with Gasteiger partial charge in [-0.25, -0.2) is 4.98 Å². The molecule has 3 aliphatic rings. The van der Waals surface area contributed by atoms with E-state index in [1.807, 2.05) is 6.20 Å². The molecule has 1 saturated heterocycles. The number of morpholine rings is 1. The predicted molar refractivity (Wildman–Crippen MR) is 96.4 cm³/mol. The number of nitrogens with one attached hydrogen (secondary N) is 1. The number of hydrogen-bond acceptors (Lipinski definition) is 5. The van der Waals surface area contributed by atoms with Crippen LogP contribution in [0.5, 0.6) is 0 Å². The first kappa shape index (κ1) is 17.5. The van der Waals surface area contributed by atoms with Gasteiger partial charge >= 0.3 is 0 Å². The van der Waals surface area contributed by atoms with Crippen LogP contribution in [0, 0.1) is 5.92 Å². The SMILES string of the molecule is CCOC1CC(CNC(c2nccn2C)C2CC2)(N2CCOCC2)C1. The van der Waals surface area contributed by atoms with Crippen molar-refractivity contribution in [3.63, 3.8) is 0 Å². The van der Waals surface area contributed by atoms with Crippen LogP contribution < -0.4 is 5.32 Å². The molecule has 0 radical (unpaired) electrons. The Morgan fingerprint density at radius 2 is 2.12 bits per heavy atom. The van der Waals surface area contributed by atoms with Gasteiger partial charge in [0.25, 0.3) is 0 Å². The van der Waals surface area contributed by atoms with E-state index in [0.29, 0.717) is 12.1 Å². The van der Waals surface area contributed by atoms with E-state index in [0.717, 1.165) is 58.2 Å². The normalized spacial score (nSPS) is 31.7. The number of nitrogens with zero attached hydrogens (tertiary/aromatic N) is 3. The Hall–Kier alpha value is -0.950. The third-order valence-electron chi connectivity index (χ3n) is 6.18. The van der Waals surface area contributed by atoms with Crippen molar-refractivity contribution in [3.8, 4) is 0 Å². The maximum atomic E-state index is 5.88. The standard InChI is InChI=1S/C19H32N4O2/c1-3-25-16-12-19(13-16,23-8-10-24-11-9-23)14-21-17(15-4-5-15)18-20-6-7-22(18)2/h6-7,15-17,21H,3-5,8-14H2,1-2H3. The fraction of sp³-hybridized carbons (Fsp3) is 0.842. The van der Waals surface area contributed by atoms with Gasteiger partial charge in [-0.15, -0.1) is 0 Å². The summed E-state index contributed by atoms with van der Waals surface area (Å²) in [5.41, 5.74) is 0.224.